The summed E-state index contributed by atoms with van der Waals surface area (Å²) >= 11 is 0. The van der Waals surface area contributed by atoms with E-state index in [-0.39, 0.29) is 6.10 Å². The second-order valence-corrected chi connectivity index (χ2v) is 4.90. The number of ether oxygens (including phenoxy) is 2. The SMILES string of the molecule is NCc1ccc(OC2CCOCC2)c2ccccc12. The molecule has 3 nitrogen and oxygen atoms in total. The fourth-order valence-electron chi connectivity index (χ4n) is 2.59. The summed E-state index contributed by atoms with van der Waals surface area (Å²) < 4.78 is 11.5. The van der Waals surface area contributed by atoms with Gasteiger partial charge in [0, 0.05) is 24.8 Å². The third kappa shape index (κ3) is 2.57. The van der Waals surface area contributed by atoms with E-state index in [4.69, 9.17) is 15.2 Å². The number of hydrogen-bond acceptors (Lipinski definition) is 3. The van der Waals surface area contributed by atoms with Gasteiger partial charge in [0.15, 0.2) is 0 Å². The maximum Gasteiger partial charge on any atom is 0.127 e. The van der Waals surface area contributed by atoms with Crippen LogP contribution < -0.4 is 10.5 Å². The zero-order chi connectivity index (χ0) is 13.1. The lowest BCUT2D eigenvalue weighted by Crippen LogP contribution is -2.25. The Morgan fingerprint density at radius 1 is 1.05 bits per heavy atom. The van der Waals surface area contributed by atoms with Crippen LogP contribution in [-0.2, 0) is 11.3 Å². The van der Waals surface area contributed by atoms with Gasteiger partial charge in [0.2, 0.25) is 0 Å². The summed E-state index contributed by atoms with van der Waals surface area (Å²) in [5.41, 5.74) is 6.95. The molecule has 2 aromatic carbocycles. The van der Waals surface area contributed by atoms with Crippen LogP contribution in [0.5, 0.6) is 5.75 Å². The summed E-state index contributed by atoms with van der Waals surface area (Å²) in [5.74, 6) is 0.958. The molecule has 2 N–H and O–H groups in total. The maximum absolute atomic E-state index is 6.15. The molecule has 0 aliphatic carbocycles. The minimum absolute atomic E-state index is 0.265. The van der Waals surface area contributed by atoms with Crippen molar-refractivity contribution in [3.63, 3.8) is 0 Å². The fourth-order valence-corrected chi connectivity index (χ4v) is 2.59. The van der Waals surface area contributed by atoms with E-state index >= 15 is 0 Å². The van der Waals surface area contributed by atoms with E-state index in [0.29, 0.717) is 6.54 Å². The third-order valence-electron chi connectivity index (χ3n) is 3.66. The highest BCUT2D eigenvalue weighted by Crippen LogP contribution is 2.30. The Labute approximate surface area is 113 Å². The number of nitrogens with two attached hydrogens (primary N) is 1. The van der Waals surface area contributed by atoms with Crippen molar-refractivity contribution in [3.05, 3.63) is 42.0 Å². The molecule has 3 heteroatoms. The predicted molar refractivity (Wildman–Crippen MR) is 76.3 cm³/mol. The standard InChI is InChI=1S/C16H19NO2/c17-11-12-5-6-16(15-4-2-1-3-14(12)15)19-13-7-9-18-10-8-13/h1-6,13H,7-11,17H2. The van der Waals surface area contributed by atoms with Crippen molar-refractivity contribution in [2.45, 2.75) is 25.5 Å². The van der Waals surface area contributed by atoms with E-state index in [1.807, 2.05) is 18.2 Å². The Balaban J connectivity index is 1.94. The first kappa shape index (κ1) is 12.5. The summed E-state index contributed by atoms with van der Waals surface area (Å²) in [6.45, 7) is 2.14. The zero-order valence-corrected chi connectivity index (χ0v) is 11.0. The average molecular weight is 257 g/mol. The third-order valence-corrected chi connectivity index (χ3v) is 3.66. The minimum atomic E-state index is 0.265. The fraction of sp³-hybridized carbons (Fsp3) is 0.375. The number of rotatable bonds is 3. The van der Waals surface area contributed by atoms with Crippen molar-refractivity contribution < 1.29 is 9.47 Å². The molecule has 2 aromatic rings. The van der Waals surface area contributed by atoms with Crippen LogP contribution in [0.2, 0.25) is 0 Å². The highest BCUT2D eigenvalue weighted by molar-refractivity contribution is 5.91. The van der Waals surface area contributed by atoms with Crippen LogP contribution in [0.15, 0.2) is 36.4 Å². The molecular weight excluding hydrogens is 238 g/mol. The smallest absolute Gasteiger partial charge is 0.127 e. The van der Waals surface area contributed by atoms with E-state index in [1.54, 1.807) is 0 Å². The Hall–Kier alpha value is -1.58. The van der Waals surface area contributed by atoms with Crippen molar-refractivity contribution in [1.82, 2.24) is 0 Å². The van der Waals surface area contributed by atoms with Crippen LogP contribution in [0.4, 0.5) is 0 Å². The molecule has 0 amide bonds. The van der Waals surface area contributed by atoms with Gasteiger partial charge < -0.3 is 15.2 Å². The molecule has 1 aliphatic heterocycles. The van der Waals surface area contributed by atoms with Gasteiger partial charge >= 0.3 is 0 Å². The van der Waals surface area contributed by atoms with Crippen LogP contribution in [0.25, 0.3) is 10.8 Å². The maximum atomic E-state index is 6.15. The quantitative estimate of drug-likeness (QED) is 0.919. The van der Waals surface area contributed by atoms with Crippen LogP contribution >= 0.6 is 0 Å². The molecule has 19 heavy (non-hydrogen) atoms. The minimum Gasteiger partial charge on any atom is -0.490 e. The second kappa shape index (κ2) is 5.59. The lowest BCUT2D eigenvalue weighted by atomic mass is 10.0. The first-order chi connectivity index (χ1) is 9.38. The van der Waals surface area contributed by atoms with Crippen LogP contribution in [0, 0.1) is 0 Å². The average Bonchev–Trinajstić information content (AvgIpc) is 2.49. The molecule has 0 bridgehead atoms. The molecule has 1 saturated heterocycles. The Bertz CT molecular complexity index is 562. The van der Waals surface area contributed by atoms with Crippen LogP contribution in [-0.4, -0.2) is 19.3 Å². The van der Waals surface area contributed by atoms with E-state index < -0.39 is 0 Å². The topological polar surface area (TPSA) is 44.5 Å². The largest absolute Gasteiger partial charge is 0.490 e. The molecule has 0 saturated carbocycles. The van der Waals surface area contributed by atoms with Gasteiger partial charge in [-0.25, -0.2) is 0 Å². The molecule has 0 atom stereocenters. The van der Waals surface area contributed by atoms with E-state index in [1.165, 1.54) is 5.39 Å². The van der Waals surface area contributed by atoms with Crippen LogP contribution in [0.3, 0.4) is 0 Å². The molecule has 1 heterocycles. The van der Waals surface area contributed by atoms with Gasteiger partial charge in [-0.2, -0.15) is 0 Å². The van der Waals surface area contributed by atoms with Gasteiger partial charge in [-0.15, -0.1) is 0 Å². The van der Waals surface area contributed by atoms with E-state index in [2.05, 4.69) is 18.2 Å². The van der Waals surface area contributed by atoms with Gasteiger partial charge in [-0.05, 0) is 17.0 Å². The van der Waals surface area contributed by atoms with E-state index in [0.717, 1.165) is 42.8 Å². The molecule has 1 aliphatic rings. The number of benzene rings is 2. The second-order valence-electron chi connectivity index (χ2n) is 4.90. The summed E-state index contributed by atoms with van der Waals surface area (Å²) in [6.07, 6.45) is 2.20. The first-order valence-electron chi connectivity index (χ1n) is 6.83. The van der Waals surface area contributed by atoms with E-state index in [9.17, 15) is 0 Å². The van der Waals surface area contributed by atoms with Crippen molar-refractivity contribution in [2.75, 3.05) is 13.2 Å². The van der Waals surface area contributed by atoms with Gasteiger partial charge in [0.25, 0.3) is 0 Å². The zero-order valence-electron chi connectivity index (χ0n) is 11.0. The van der Waals surface area contributed by atoms with Crippen molar-refractivity contribution >= 4 is 10.8 Å². The summed E-state index contributed by atoms with van der Waals surface area (Å²) in [7, 11) is 0. The van der Waals surface area contributed by atoms with Gasteiger partial charge in [-0.1, -0.05) is 30.3 Å². The number of fused-ring (bicyclic) bond motifs is 1. The molecule has 0 radical (unpaired) electrons. The highest BCUT2D eigenvalue weighted by atomic mass is 16.5. The lowest BCUT2D eigenvalue weighted by molar-refractivity contribution is 0.0262. The molecule has 0 spiro atoms. The van der Waals surface area contributed by atoms with Gasteiger partial charge in [0.05, 0.1) is 13.2 Å². The lowest BCUT2D eigenvalue weighted by Gasteiger charge is -2.24. The molecule has 0 aromatic heterocycles. The Kier molecular flexibility index (Phi) is 3.67. The molecule has 100 valence electrons. The molecule has 3 rings (SSSR count). The van der Waals surface area contributed by atoms with Crippen molar-refractivity contribution in [3.8, 4) is 5.75 Å². The van der Waals surface area contributed by atoms with Gasteiger partial charge in [-0.3, -0.25) is 0 Å². The summed E-state index contributed by atoms with van der Waals surface area (Å²) in [5, 5.41) is 2.34. The first-order valence-corrected chi connectivity index (χ1v) is 6.83. The van der Waals surface area contributed by atoms with Crippen molar-refractivity contribution in [1.29, 1.82) is 0 Å². The van der Waals surface area contributed by atoms with Gasteiger partial charge in [0.1, 0.15) is 11.9 Å². The van der Waals surface area contributed by atoms with Crippen molar-refractivity contribution in [2.24, 2.45) is 5.73 Å². The summed E-state index contributed by atoms with van der Waals surface area (Å²) in [6, 6.07) is 12.4. The predicted octanol–water partition coefficient (Wildman–Crippen LogP) is 2.86. The van der Waals surface area contributed by atoms with Crippen LogP contribution in [0.1, 0.15) is 18.4 Å². The molecule has 0 unspecified atom stereocenters. The Morgan fingerprint density at radius 2 is 1.79 bits per heavy atom. The Morgan fingerprint density at radius 3 is 2.53 bits per heavy atom. The molecule has 1 fully saturated rings. The summed E-state index contributed by atoms with van der Waals surface area (Å²) in [4.78, 5) is 0. The number of hydrogen-bond donors (Lipinski definition) is 1. The highest BCUT2D eigenvalue weighted by Gasteiger charge is 2.16. The normalized spacial score (nSPS) is 16.7. The monoisotopic (exact) mass is 257 g/mol. The molecular formula is C16H19NO2.